The molecule has 2 aromatic rings. The Morgan fingerprint density at radius 2 is 2.22 bits per heavy atom. The standard InChI is InChI=1S/C13H13BrN4/c1-18-5-4-8-6-9(2-3-11(8)18)13-16-7-10(14)12(15)17-13/h2-3,6-7H,4-5H2,1H3,(H2,15,16,17). The minimum atomic E-state index is 0.470. The average Bonchev–Trinajstić information content (AvgIpc) is 2.74. The second kappa shape index (κ2) is 4.24. The summed E-state index contributed by atoms with van der Waals surface area (Å²) in [6, 6.07) is 6.32. The molecule has 0 unspecified atom stereocenters. The predicted octanol–water partition coefficient (Wildman–Crippen LogP) is 2.48. The molecule has 2 N–H and O–H groups in total. The molecule has 3 rings (SSSR count). The van der Waals surface area contributed by atoms with Gasteiger partial charge in [-0.2, -0.15) is 0 Å². The summed E-state index contributed by atoms with van der Waals surface area (Å²) in [5, 5.41) is 0. The lowest BCUT2D eigenvalue weighted by Gasteiger charge is -2.12. The van der Waals surface area contributed by atoms with Crippen LogP contribution < -0.4 is 10.6 Å². The van der Waals surface area contributed by atoms with E-state index in [2.05, 4.69) is 50.0 Å². The minimum absolute atomic E-state index is 0.470. The molecule has 92 valence electrons. The molecule has 1 aliphatic rings. The first kappa shape index (κ1) is 11.5. The van der Waals surface area contributed by atoms with Crippen LogP contribution in [0.25, 0.3) is 11.4 Å². The van der Waals surface area contributed by atoms with Crippen LogP contribution in [0.1, 0.15) is 5.56 Å². The summed E-state index contributed by atoms with van der Waals surface area (Å²) >= 11 is 3.30. The molecular formula is C13H13BrN4. The number of nitrogens with two attached hydrogens (primary N) is 1. The number of hydrogen-bond acceptors (Lipinski definition) is 4. The quantitative estimate of drug-likeness (QED) is 0.879. The zero-order valence-corrected chi connectivity index (χ0v) is 11.6. The largest absolute Gasteiger partial charge is 0.383 e. The van der Waals surface area contributed by atoms with Gasteiger partial charge in [0.2, 0.25) is 0 Å². The molecule has 0 bridgehead atoms. The number of benzene rings is 1. The summed E-state index contributed by atoms with van der Waals surface area (Å²) < 4.78 is 0.729. The van der Waals surface area contributed by atoms with Crippen LogP contribution >= 0.6 is 15.9 Å². The van der Waals surface area contributed by atoms with Crippen molar-refractivity contribution in [2.45, 2.75) is 6.42 Å². The molecule has 0 saturated heterocycles. The van der Waals surface area contributed by atoms with Gasteiger partial charge in [0.25, 0.3) is 0 Å². The SMILES string of the molecule is CN1CCc2cc(-c3ncc(Br)c(N)n3)ccc21. The number of nitrogen functional groups attached to an aromatic ring is 1. The Morgan fingerprint density at radius 1 is 1.39 bits per heavy atom. The van der Waals surface area contributed by atoms with Crippen molar-refractivity contribution in [2.24, 2.45) is 0 Å². The van der Waals surface area contributed by atoms with Crippen molar-refractivity contribution in [3.8, 4) is 11.4 Å². The fraction of sp³-hybridized carbons (Fsp3) is 0.231. The third kappa shape index (κ3) is 1.84. The van der Waals surface area contributed by atoms with Gasteiger partial charge in [-0.05, 0) is 46.1 Å². The third-order valence-corrected chi connectivity index (χ3v) is 3.85. The Hall–Kier alpha value is -1.62. The molecule has 1 aliphatic heterocycles. The molecule has 0 spiro atoms. The van der Waals surface area contributed by atoms with E-state index in [9.17, 15) is 0 Å². The lowest BCUT2D eigenvalue weighted by Crippen LogP contribution is -2.12. The molecule has 0 aliphatic carbocycles. The first-order valence-electron chi connectivity index (χ1n) is 5.77. The second-order valence-corrected chi connectivity index (χ2v) is 5.30. The lowest BCUT2D eigenvalue weighted by molar-refractivity contribution is 0.956. The number of hydrogen-bond donors (Lipinski definition) is 1. The van der Waals surface area contributed by atoms with Crippen LogP contribution in [0, 0.1) is 0 Å². The molecule has 4 nitrogen and oxygen atoms in total. The first-order valence-corrected chi connectivity index (χ1v) is 6.57. The van der Waals surface area contributed by atoms with Crippen molar-refractivity contribution in [3.05, 3.63) is 34.4 Å². The fourth-order valence-corrected chi connectivity index (χ4v) is 2.42. The van der Waals surface area contributed by atoms with E-state index in [1.807, 2.05) is 6.07 Å². The Kier molecular flexibility index (Phi) is 2.70. The summed E-state index contributed by atoms with van der Waals surface area (Å²) in [5.74, 6) is 1.14. The van der Waals surface area contributed by atoms with Crippen molar-refractivity contribution in [1.82, 2.24) is 9.97 Å². The van der Waals surface area contributed by atoms with Gasteiger partial charge in [-0.3, -0.25) is 0 Å². The molecule has 0 fully saturated rings. The summed E-state index contributed by atoms with van der Waals surface area (Å²) in [5.41, 5.74) is 9.45. The van der Waals surface area contributed by atoms with Crippen LogP contribution in [0.4, 0.5) is 11.5 Å². The molecular weight excluding hydrogens is 292 g/mol. The van der Waals surface area contributed by atoms with Crippen LogP contribution in [0.3, 0.4) is 0 Å². The number of aromatic nitrogens is 2. The normalized spacial score (nSPS) is 13.8. The Morgan fingerprint density at radius 3 is 3.00 bits per heavy atom. The topological polar surface area (TPSA) is 55.0 Å². The molecule has 18 heavy (non-hydrogen) atoms. The minimum Gasteiger partial charge on any atom is -0.383 e. The summed E-state index contributed by atoms with van der Waals surface area (Å²) in [6.07, 6.45) is 2.77. The van der Waals surface area contributed by atoms with E-state index in [0.717, 1.165) is 23.0 Å². The average molecular weight is 305 g/mol. The van der Waals surface area contributed by atoms with E-state index in [4.69, 9.17) is 5.73 Å². The first-order chi connectivity index (χ1) is 8.65. The van der Waals surface area contributed by atoms with Crippen LogP contribution in [-0.4, -0.2) is 23.6 Å². The molecule has 5 heteroatoms. The van der Waals surface area contributed by atoms with Gasteiger partial charge in [-0.1, -0.05) is 0 Å². The molecule has 0 saturated carbocycles. The monoisotopic (exact) mass is 304 g/mol. The maximum absolute atomic E-state index is 5.79. The van der Waals surface area contributed by atoms with Crippen LogP contribution in [0.2, 0.25) is 0 Å². The number of nitrogens with zero attached hydrogens (tertiary/aromatic N) is 3. The third-order valence-electron chi connectivity index (χ3n) is 3.24. The molecule has 0 radical (unpaired) electrons. The smallest absolute Gasteiger partial charge is 0.161 e. The van der Waals surface area contributed by atoms with Gasteiger partial charge in [0, 0.05) is 31.0 Å². The summed E-state index contributed by atoms with van der Waals surface area (Å²) in [4.78, 5) is 10.9. The van der Waals surface area contributed by atoms with Gasteiger partial charge in [0.1, 0.15) is 5.82 Å². The number of fused-ring (bicyclic) bond motifs is 1. The highest BCUT2D eigenvalue weighted by Gasteiger charge is 2.16. The van der Waals surface area contributed by atoms with Crippen molar-refractivity contribution in [2.75, 3.05) is 24.2 Å². The van der Waals surface area contributed by atoms with E-state index < -0.39 is 0 Å². The lowest BCUT2D eigenvalue weighted by atomic mass is 10.1. The van der Waals surface area contributed by atoms with Gasteiger partial charge >= 0.3 is 0 Å². The summed E-state index contributed by atoms with van der Waals surface area (Å²) in [6.45, 7) is 1.07. The molecule has 1 aromatic heterocycles. The maximum atomic E-state index is 5.79. The summed E-state index contributed by atoms with van der Waals surface area (Å²) in [7, 11) is 2.11. The number of halogens is 1. The highest BCUT2D eigenvalue weighted by molar-refractivity contribution is 9.10. The zero-order valence-electron chi connectivity index (χ0n) is 10.0. The van der Waals surface area contributed by atoms with Crippen LogP contribution in [0.5, 0.6) is 0 Å². The second-order valence-electron chi connectivity index (χ2n) is 4.44. The molecule has 0 atom stereocenters. The Labute approximate surface area is 114 Å². The van der Waals surface area contributed by atoms with Gasteiger partial charge in [-0.25, -0.2) is 9.97 Å². The van der Waals surface area contributed by atoms with E-state index in [1.165, 1.54) is 11.3 Å². The van der Waals surface area contributed by atoms with Crippen molar-refractivity contribution in [1.29, 1.82) is 0 Å². The van der Waals surface area contributed by atoms with Crippen molar-refractivity contribution >= 4 is 27.4 Å². The van der Waals surface area contributed by atoms with E-state index >= 15 is 0 Å². The van der Waals surface area contributed by atoms with E-state index in [-0.39, 0.29) is 0 Å². The number of rotatable bonds is 1. The number of anilines is 2. The van der Waals surface area contributed by atoms with Crippen molar-refractivity contribution < 1.29 is 0 Å². The van der Waals surface area contributed by atoms with Gasteiger partial charge in [-0.15, -0.1) is 0 Å². The predicted molar refractivity (Wildman–Crippen MR) is 76.6 cm³/mol. The highest BCUT2D eigenvalue weighted by atomic mass is 79.9. The van der Waals surface area contributed by atoms with E-state index in [1.54, 1.807) is 6.20 Å². The Bertz CT molecular complexity index is 612. The Balaban J connectivity index is 2.05. The molecule has 1 aromatic carbocycles. The van der Waals surface area contributed by atoms with Gasteiger partial charge in [0.15, 0.2) is 5.82 Å². The number of likely N-dealkylation sites (N-methyl/N-ethyl adjacent to an activating group) is 1. The van der Waals surface area contributed by atoms with E-state index in [0.29, 0.717) is 11.6 Å². The molecule has 0 amide bonds. The van der Waals surface area contributed by atoms with Crippen molar-refractivity contribution in [3.63, 3.8) is 0 Å². The zero-order chi connectivity index (χ0) is 12.7. The molecule has 2 heterocycles. The van der Waals surface area contributed by atoms with Gasteiger partial charge < -0.3 is 10.6 Å². The highest BCUT2D eigenvalue weighted by Crippen LogP contribution is 2.30. The van der Waals surface area contributed by atoms with Gasteiger partial charge in [0.05, 0.1) is 4.47 Å². The van der Waals surface area contributed by atoms with Crippen LogP contribution in [0.15, 0.2) is 28.9 Å². The van der Waals surface area contributed by atoms with Crippen LogP contribution in [-0.2, 0) is 6.42 Å². The fourth-order valence-electron chi connectivity index (χ4n) is 2.23. The maximum Gasteiger partial charge on any atom is 0.161 e.